The fraction of sp³-hybridized carbons (Fsp3) is 0.364. The van der Waals surface area contributed by atoms with E-state index < -0.39 is 23.7 Å². The monoisotopic (exact) mass is 260 g/mol. The van der Waals surface area contributed by atoms with Crippen LogP contribution in [0.15, 0.2) is 18.2 Å². The van der Waals surface area contributed by atoms with Gasteiger partial charge in [-0.25, -0.2) is 9.18 Å². The van der Waals surface area contributed by atoms with Crippen LogP contribution in [-0.4, -0.2) is 23.8 Å². The van der Waals surface area contributed by atoms with Gasteiger partial charge in [-0.2, -0.15) is 0 Å². The smallest absolute Gasteiger partial charge is 0.335 e. The molecule has 6 heteroatoms. The minimum atomic E-state index is -1.39. The second kappa shape index (κ2) is 4.25. The summed E-state index contributed by atoms with van der Waals surface area (Å²) in [6, 6.07) is 4.04. The highest BCUT2D eigenvalue weighted by Gasteiger charge is 2.43. The highest BCUT2D eigenvalue weighted by molar-refractivity contribution is 6.30. The van der Waals surface area contributed by atoms with Crippen molar-refractivity contribution in [3.05, 3.63) is 34.6 Å². The van der Waals surface area contributed by atoms with E-state index in [4.69, 9.17) is 26.2 Å². The van der Waals surface area contributed by atoms with E-state index in [1.54, 1.807) is 0 Å². The van der Waals surface area contributed by atoms with E-state index in [2.05, 4.69) is 0 Å². The van der Waals surface area contributed by atoms with Gasteiger partial charge in [-0.1, -0.05) is 11.6 Å². The van der Waals surface area contributed by atoms with Crippen molar-refractivity contribution in [3.63, 3.8) is 0 Å². The molecule has 0 aliphatic carbocycles. The van der Waals surface area contributed by atoms with E-state index in [9.17, 15) is 9.18 Å². The summed E-state index contributed by atoms with van der Waals surface area (Å²) < 4.78 is 24.1. The van der Waals surface area contributed by atoms with Crippen LogP contribution in [0.2, 0.25) is 5.02 Å². The van der Waals surface area contributed by atoms with E-state index in [1.807, 2.05) is 0 Å². The van der Waals surface area contributed by atoms with Gasteiger partial charge in [0.25, 0.3) is 0 Å². The lowest BCUT2D eigenvalue weighted by Crippen LogP contribution is -2.28. The third-order valence-electron chi connectivity index (χ3n) is 2.57. The van der Waals surface area contributed by atoms with Gasteiger partial charge in [-0.3, -0.25) is 0 Å². The van der Waals surface area contributed by atoms with Crippen LogP contribution in [0.1, 0.15) is 12.5 Å². The predicted molar refractivity (Wildman–Crippen MR) is 57.2 cm³/mol. The topological polar surface area (TPSA) is 55.8 Å². The number of ether oxygens (including phenoxy) is 2. The number of hydrogen-bond acceptors (Lipinski definition) is 3. The molecule has 1 aromatic rings. The molecule has 0 saturated carbocycles. The summed E-state index contributed by atoms with van der Waals surface area (Å²) in [4.78, 5) is 10.7. The molecule has 1 aliphatic rings. The summed E-state index contributed by atoms with van der Waals surface area (Å²) >= 11 is 5.63. The van der Waals surface area contributed by atoms with Gasteiger partial charge in [0.15, 0.2) is 11.9 Å². The molecule has 0 spiro atoms. The third kappa shape index (κ3) is 2.26. The number of rotatable bonds is 2. The molecule has 1 aliphatic heterocycles. The quantitative estimate of drug-likeness (QED) is 0.885. The van der Waals surface area contributed by atoms with E-state index >= 15 is 0 Å². The van der Waals surface area contributed by atoms with Crippen molar-refractivity contribution in [2.45, 2.75) is 18.8 Å². The average Bonchev–Trinajstić information content (AvgIpc) is 2.61. The van der Waals surface area contributed by atoms with E-state index in [0.717, 1.165) is 6.07 Å². The second-order valence-electron chi connectivity index (χ2n) is 3.83. The first-order chi connectivity index (χ1) is 7.92. The van der Waals surface area contributed by atoms with E-state index in [1.165, 1.54) is 19.1 Å². The lowest BCUT2D eigenvalue weighted by Gasteiger charge is -2.23. The van der Waals surface area contributed by atoms with Crippen LogP contribution in [0.4, 0.5) is 4.39 Å². The molecule has 17 heavy (non-hydrogen) atoms. The average molecular weight is 261 g/mol. The van der Waals surface area contributed by atoms with Crippen molar-refractivity contribution in [1.29, 1.82) is 0 Å². The number of carbonyl (C=O) groups is 1. The Kier molecular flexibility index (Phi) is 3.07. The summed E-state index contributed by atoms with van der Waals surface area (Å²) in [6.45, 7) is 1.36. The van der Waals surface area contributed by atoms with Gasteiger partial charge < -0.3 is 14.6 Å². The SMILES string of the molecule is CC1(c2ccc(Cl)cc2F)OCC(C(=O)O)O1. The van der Waals surface area contributed by atoms with Crippen molar-refractivity contribution >= 4 is 17.6 Å². The molecule has 92 valence electrons. The zero-order valence-corrected chi connectivity index (χ0v) is 9.70. The van der Waals surface area contributed by atoms with Gasteiger partial charge in [0.2, 0.25) is 0 Å². The number of carboxylic acid groups (broad SMARTS) is 1. The minimum absolute atomic E-state index is 0.117. The first kappa shape index (κ1) is 12.3. The summed E-state index contributed by atoms with van der Waals surface area (Å²) in [7, 11) is 0. The Bertz CT molecular complexity index is 465. The Morgan fingerprint density at radius 3 is 2.88 bits per heavy atom. The summed E-state index contributed by atoms with van der Waals surface area (Å²) in [5.74, 6) is -3.12. The molecule has 1 fully saturated rings. The molecular weight excluding hydrogens is 251 g/mol. The van der Waals surface area contributed by atoms with Crippen molar-refractivity contribution in [2.24, 2.45) is 0 Å². The zero-order valence-electron chi connectivity index (χ0n) is 8.94. The number of hydrogen-bond donors (Lipinski definition) is 1. The maximum Gasteiger partial charge on any atom is 0.335 e. The van der Waals surface area contributed by atoms with Gasteiger partial charge in [0.1, 0.15) is 5.82 Å². The highest BCUT2D eigenvalue weighted by atomic mass is 35.5. The number of aliphatic carboxylic acids is 1. The predicted octanol–water partition coefficient (Wildman–Crippen LogP) is 2.15. The van der Waals surface area contributed by atoms with E-state index in [-0.39, 0.29) is 17.2 Å². The van der Waals surface area contributed by atoms with Gasteiger partial charge in [-0.15, -0.1) is 0 Å². The normalized spacial score (nSPS) is 28.3. The molecule has 1 heterocycles. The first-order valence-electron chi connectivity index (χ1n) is 4.92. The van der Waals surface area contributed by atoms with Crippen LogP contribution in [0.5, 0.6) is 0 Å². The van der Waals surface area contributed by atoms with Crippen LogP contribution in [-0.2, 0) is 20.1 Å². The van der Waals surface area contributed by atoms with Crippen LogP contribution in [0.3, 0.4) is 0 Å². The standard InChI is InChI=1S/C11H10ClFO4/c1-11(16-5-9(17-11)10(14)15)7-3-2-6(12)4-8(7)13/h2-4,9H,5H2,1H3,(H,14,15). The molecule has 0 radical (unpaired) electrons. The Labute approximate surface area is 102 Å². The van der Waals surface area contributed by atoms with Crippen LogP contribution in [0.25, 0.3) is 0 Å². The van der Waals surface area contributed by atoms with Gasteiger partial charge in [0.05, 0.1) is 6.61 Å². The maximum atomic E-state index is 13.7. The molecule has 2 atom stereocenters. The van der Waals surface area contributed by atoms with Crippen molar-refractivity contribution in [1.82, 2.24) is 0 Å². The Hall–Kier alpha value is -1.17. The van der Waals surface area contributed by atoms with Crippen molar-refractivity contribution in [3.8, 4) is 0 Å². The van der Waals surface area contributed by atoms with Gasteiger partial charge >= 0.3 is 5.97 Å². The zero-order chi connectivity index (χ0) is 12.6. The lowest BCUT2D eigenvalue weighted by molar-refractivity contribution is -0.177. The molecule has 0 aromatic heterocycles. The van der Waals surface area contributed by atoms with Crippen molar-refractivity contribution in [2.75, 3.05) is 6.61 Å². The molecule has 1 aromatic carbocycles. The molecular formula is C11H10ClFO4. The summed E-state index contributed by atoms with van der Waals surface area (Å²) in [6.07, 6.45) is -1.09. The largest absolute Gasteiger partial charge is 0.479 e. The van der Waals surface area contributed by atoms with Gasteiger partial charge in [0, 0.05) is 10.6 Å². The molecule has 0 bridgehead atoms. The molecule has 1 N–H and O–H groups in total. The van der Waals surface area contributed by atoms with Crippen LogP contribution >= 0.6 is 11.6 Å². The molecule has 2 rings (SSSR count). The highest BCUT2D eigenvalue weighted by Crippen LogP contribution is 2.36. The number of carboxylic acids is 1. The molecule has 1 saturated heterocycles. The fourth-order valence-electron chi connectivity index (χ4n) is 1.69. The molecule has 0 amide bonds. The summed E-state index contributed by atoms with van der Waals surface area (Å²) in [5.41, 5.74) is 0.130. The Morgan fingerprint density at radius 2 is 2.35 bits per heavy atom. The number of halogens is 2. The molecule has 2 unspecified atom stereocenters. The second-order valence-corrected chi connectivity index (χ2v) is 4.26. The van der Waals surface area contributed by atoms with Gasteiger partial charge in [-0.05, 0) is 25.1 Å². The maximum absolute atomic E-state index is 13.7. The lowest BCUT2D eigenvalue weighted by atomic mass is 10.1. The van der Waals surface area contributed by atoms with Crippen molar-refractivity contribution < 1.29 is 23.8 Å². The van der Waals surface area contributed by atoms with E-state index in [0.29, 0.717) is 0 Å². The Balaban J connectivity index is 2.31. The minimum Gasteiger partial charge on any atom is -0.479 e. The Morgan fingerprint density at radius 1 is 1.65 bits per heavy atom. The first-order valence-corrected chi connectivity index (χ1v) is 5.30. The number of benzene rings is 1. The summed E-state index contributed by atoms with van der Waals surface area (Å²) in [5, 5.41) is 9.04. The fourth-order valence-corrected chi connectivity index (χ4v) is 1.85. The van der Waals surface area contributed by atoms with Crippen LogP contribution < -0.4 is 0 Å². The van der Waals surface area contributed by atoms with Crippen LogP contribution in [0, 0.1) is 5.82 Å². The third-order valence-corrected chi connectivity index (χ3v) is 2.81. The molecule has 4 nitrogen and oxygen atoms in total.